The standard InChI is InChI=1S/C28H17F4N5O/c1-17-14-37(16-35-17)23-11-21(28(30,31)32)10-22(12-23)36-27(38)20-7-8-25(29)19(9-20)6-5-18-3-2-4-26-24(18)13-33-15-34-26/h2-4,7-16H,1H3,(H,36,38). The second-order valence-electron chi connectivity index (χ2n) is 8.35. The fourth-order valence-electron chi connectivity index (χ4n) is 3.77. The predicted molar refractivity (Wildman–Crippen MR) is 133 cm³/mol. The number of benzene rings is 3. The molecule has 38 heavy (non-hydrogen) atoms. The topological polar surface area (TPSA) is 72.7 Å². The molecule has 188 valence electrons. The van der Waals surface area contributed by atoms with Gasteiger partial charge in [-0.25, -0.2) is 19.3 Å². The molecular formula is C28H17F4N5O. The van der Waals surface area contributed by atoms with E-state index in [0.29, 0.717) is 22.2 Å². The third kappa shape index (κ3) is 5.22. The van der Waals surface area contributed by atoms with Gasteiger partial charge in [-0.05, 0) is 55.5 Å². The van der Waals surface area contributed by atoms with E-state index in [1.165, 1.54) is 35.4 Å². The highest BCUT2D eigenvalue weighted by Gasteiger charge is 2.31. The van der Waals surface area contributed by atoms with Gasteiger partial charge in [0.2, 0.25) is 0 Å². The summed E-state index contributed by atoms with van der Waals surface area (Å²) in [6.45, 7) is 1.70. The van der Waals surface area contributed by atoms with Gasteiger partial charge in [-0.15, -0.1) is 0 Å². The van der Waals surface area contributed by atoms with Gasteiger partial charge in [0.05, 0.1) is 28.7 Å². The Bertz CT molecular complexity index is 1740. The molecule has 3 aromatic carbocycles. The van der Waals surface area contributed by atoms with Crippen molar-refractivity contribution >= 4 is 22.5 Å². The number of nitrogens with one attached hydrogen (secondary N) is 1. The number of carbonyl (C=O) groups excluding carboxylic acids is 1. The van der Waals surface area contributed by atoms with Crippen molar-refractivity contribution in [2.75, 3.05) is 5.32 Å². The van der Waals surface area contributed by atoms with Crippen molar-refractivity contribution in [2.45, 2.75) is 13.1 Å². The molecule has 0 aliphatic rings. The van der Waals surface area contributed by atoms with Gasteiger partial charge in [-0.2, -0.15) is 13.2 Å². The van der Waals surface area contributed by atoms with E-state index in [1.807, 2.05) is 0 Å². The lowest BCUT2D eigenvalue weighted by Gasteiger charge is -2.14. The van der Waals surface area contributed by atoms with Crippen LogP contribution in [0.15, 0.2) is 79.6 Å². The zero-order valence-electron chi connectivity index (χ0n) is 19.7. The summed E-state index contributed by atoms with van der Waals surface area (Å²) in [5.41, 5.74) is 0.972. The third-order valence-corrected chi connectivity index (χ3v) is 5.62. The molecule has 2 aromatic heterocycles. The number of rotatable bonds is 3. The molecule has 0 aliphatic carbocycles. The van der Waals surface area contributed by atoms with E-state index >= 15 is 0 Å². The average Bonchev–Trinajstić information content (AvgIpc) is 3.33. The molecule has 0 saturated heterocycles. The summed E-state index contributed by atoms with van der Waals surface area (Å²) in [6.07, 6.45) is 1.31. The number of carbonyl (C=O) groups is 1. The van der Waals surface area contributed by atoms with Crippen molar-refractivity contribution < 1.29 is 22.4 Å². The summed E-state index contributed by atoms with van der Waals surface area (Å²) in [5.74, 6) is 4.23. The Kier molecular flexibility index (Phi) is 6.34. The largest absolute Gasteiger partial charge is 0.416 e. The molecule has 5 rings (SSSR count). The Hall–Kier alpha value is -5.04. The first kappa shape index (κ1) is 24.6. The number of imidazole rings is 1. The van der Waals surface area contributed by atoms with Gasteiger partial charge in [0.15, 0.2) is 0 Å². The van der Waals surface area contributed by atoms with Crippen LogP contribution in [0.2, 0.25) is 0 Å². The van der Waals surface area contributed by atoms with Crippen LogP contribution in [0.3, 0.4) is 0 Å². The fraction of sp³-hybridized carbons (Fsp3) is 0.0714. The highest BCUT2D eigenvalue weighted by Crippen LogP contribution is 2.33. The van der Waals surface area contributed by atoms with Crippen LogP contribution < -0.4 is 5.32 Å². The lowest BCUT2D eigenvalue weighted by molar-refractivity contribution is -0.137. The normalized spacial score (nSPS) is 11.2. The molecule has 0 radical (unpaired) electrons. The van der Waals surface area contributed by atoms with Crippen LogP contribution in [-0.2, 0) is 6.18 Å². The molecule has 0 spiro atoms. The molecule has 1 N–H and O–H groups in total. The second-order valence-corrected chi connectivity index (χ2v) is 8.35. The number of amides is 1. The van der Waals surface area contributed by atoms with E-state index in [4.69, 9.17) is 0 Å². The molecule has 0 aliphatic heterocycles. The number of halogens is 4. The molecule has 0 bridgehead atoms. The zero-order valence-corrected chi connectivity index (χ0v) is 19.7. The van der Waals surface area contributed by atoms with E-state index < -0.39 is 23.5 Å². The summed E-state index contributed by atoms with van der Waals surface area (Å²) in [6, 6.07) is 12.0. The minimum atomic E-state index is -4.64. The van der Waals surface area contributed by atoms with Crippen molar-refractivity contribution in [3.05, 3.63) is 113 Å². The molecule has 1 amide bonds. The van der Waals surface area contributed by atoms with E-state index in [0.717, 1.165) is 18.2 Å². The fourth-order valence-corrected chi connectivity index (χ4v) is 3.77. The van der Waals surface area contributed by atoms with Crippen LogP contribution in [0.25, 0.3) is 16.6 Å². The molecule has 0 unspecified atom stereocenters. The van der Waals surface area contributed by atoms with Crippen molar-refractivity contribution in [1.29, 1.82) is 0 Å². The van der Waals surface area contributed by atoms with Crippen molar-refractivity contribution in [3.8, 4) is 17.5 Å². The summed E-state index contributed by atoms with van der Waals surface area (Å²) < 4.78 is 56.6. The molecule has 10 heteroatoms. The zero-order chi connectivity index (χ0) is 26.9. The van der Waals surface area contributed by atoms with Crippen molar-refractivity contribution in [2.24, 2.45) is 0 Å². The number of anilines is 1. The minimum Gasteiger partial charge on any atom is -0.322 e. The van der Waals surface area contributed by atoms with Crippen molar-refractivity contribution in [3.63, 3.8) is 0 Å². The number of hydrogen-bond donors (Lipinski definition) is 1. The quantitative estimate of drug-likeness (QED) is 0.239. The van der Waals surface area contributed by atoms with Crippen LogP contribution in [-0.4, -0.2) is 25.4 Å². The Morgan fingerprint density at radius 2 is 1.82 bits per heavy atom. The van der Waals surface area contributed by atoms with Gasteiger partial charge in [0.25, 0.3) is 5.91 Å². The van der Waals surface area contributed by atoms with E-state index in [2.05, 4.69) is 32.1 Å². The maximum absolute atomic E-state index is 14.5. The Labute approximate surface area is 214 Å². The van der Waals surface area contributed by atoms with Crippen LogP contribution in [0.5, 0.6) is 0 Å². The maximum atomic E-state index is 14.5. The third-order valence-electron chi connectivity index (χ3n) is 5.62. The lowest BCUT2D eigenvalue weighted by Crippen LogP contribution is -2.14. The van der Waals surface area contributed by atoms with Crippen LogP contribution in [0.1, 0.15) is 32.7 Å². The van der Waals surface area contributed by atoms with E-state index in [-0.39, 0.29) is 22.5 Å². The number of aryl methyl sites for hydroxylation is 1. The molecule has 0 atom stereocenters. The number of alkyl halides is 3. The van der Waals surface area contributed by atoms with Gasteiger partial charge >= 0.3 is 6.18 Å². The second kappa shape index (κ2) is 9.78. The van der Waals surface area contributed by atoms with E-state index in [1.54, 1.807) is 37.5 Å². The van der Waals surface area contributed by atoms with Gasteiger partial charge in [0, 0.05) is 40.3 Å². The first-order chi connectivity index (χ1) is 18.2. The molecule has 6 nitrogen and oxygen atoms in total. The highest BCUT2D eigenvalue weighted by molar-refractivity contribution is 6.04. The number of hydrogen-bond acceptors (Lipinski definition) is 4. The molecule has 0 saturated carbocycles. The van der Waals surface area contributed by atoms with Crippen LogP contribution in [0.4, 0.5) is 23.2 Å². The highest BCUT2D eigenvalue weighted by atomic mass is 19.4. The van der Waals surface area contributed by atoms with Gasteiger partial charge in [0.1, 0.15) is 12.1 Å². The van der Waals surface area contributed by atoms with Gasteiger partial charge in [-0.3, -0.25) is 4.79 Å². The number of nitrogens with zero attached hydrogens (tertiary/aromatic N) is 4. The van der Waals surface area contributed by atoms with Crippen LogP contribution in [0, 0.1) is 24.6 Å². The number of fused-ring (bicyclic) bond motifs is 1. The first-order valence-electron chi connectivity index (χ1n) is 11.2. The molecule has 0 fully saturated rings. The summed E-state index contributed by atoms with van der Waals surface area (Å²) in [5, 5.41) is 3.16. The van der Waals surface area contributed by atoms with Gasteiger partial charge < -0.3 is 9.88 Å². The Balaban J connectivity index is 1.46. The summed E-state index contributed by atoms with van der Waals surface area (Å²) in [7, 11) is 0. The first-order valence-corrected chi connectivity index (χ1v) is 11.2. The lowest BCUT2D eigenvalue weighted by atomic mass is 10.1. The summed E-state index contributed by atoms with van der Waals surface area (Å²) in [4.78, 5) is 25.1. The molecular weight excluding hydrogens is 498 g/mol. The smallest absolute Gasteiger partial charge is 0.322 e. The molecule has 2 heterocycles. The average molecular weight is 515 g/mol. The maximum Gasteiger partial charge on any atom is 0.416 e. The minimum absolute atomic E-state index is 0.0226. The molecule has 5 aromatic rings. The Morgan fingerprint density at radius 3 is 2.58 bits per heavy atom. The summed E-state index contributed by atoms with van der Waals surface area (Å²) >= 11 is 0. The Morgan fingerprint density at radius 1 is 1.00 bits per heavy atom. The predicted octanol–water partition coefficient (Wildman–Crippen LogP) is 5.93. The SMILES string of the molecule is Cc1cn(-c2cc(NC(=O)c3ccc(F)c(C#Cc4cccc5ncncc45)c3)cc(C(F)(F)F)c2)cn1. The van der Waals surface area contributed by atoms with Gasteiger partial charge in [-0.1, -0.05) is 17.9 Å². The number of aromatic nitrogens is 4. The van der Waals surface area contributed by atoms with Crippen LogP contribution >= 0.6 is 0 Å². The monoisotopic (exact) mass is 515 g/mol. The van der Waals surface area contributed by atoms with Crippen molar-refractivity contribution in [1.82, 2.24) is 19.5 Å². The van der Waals surface area contributed by atoms with E-state index in [9.17, 15) is 22.4 Å².